The molecule has 3 heterocycles. The fourth-order valence-corrected chi connectivity index (χ4v) is 4.59. The molecule has 172 valence electrons. The van der Waals surface area contributed by atoms with Gasteiger partial charge in [-0.1, -0.05) is 17.7 Å². The van der Waals surface area contributed by atoms with Crippen molar-refractivity contribution in [2.75, 3.05) is 46.0 Å². The van der Waals surface area contributed by atoms with Crippen LogP contribution in [0.3, 0.4) is 0 Å². The lowest BCUT2D eigenvalue weighted by Gasteiger charge is -2.43. The number of imidazole rings is 1. The normalized spacial score (nSPS) is 21.4. The van der Waals surface area contributed by atoms with Crippen molar-refractivity contribution in [2.24, 2.45) is 5.41 Å². The molecule has 0 saturated carbocycles. The zero-order valence-electron chi connectivity index (χ0n) is 18.1. The molecule has 0 radical (unpaired) electrons. The van der Waals surface area contributed by atoms with Crippen molar-refractivity contribution in [2.45, 2.75) is 25.8 Å². The third-order valence-electron chi connectivity index (χ3n) is 6.12. The molecule has 2 aliphatic rings. The Morgan fingerprint density at radius 2 is 2.00 bits per heavy atom. The Kier molecular flexibility index (Phi) is 7.32. The van der Waals surface area contributed by atoms with Crippen LogP contribution in [-0.4, -0.2) is 77.2 Å². The molecule has 1 aromatic heterocycles. The fraction of sp³-hybridized carbons (Fsp3) is 0.522. The van der Waals surface area contributed by atoms with Gasteiger partial charge in [-0.3, -0.25) is 9.59 Å². The van der Waals surface area contributed by atoms with Crippen LogP contribution >= 0.6 is 11.6 Å². The summed E-state index contributed by atoms with van der Waals surface area (Å²) in [6, 6.07) is 7.26. The minimum absolute atomic E-state index is 0.0219. The number of nitrogens with zero attached hydrogens (tertiary/aromatic N) is 4. The van der Waals surface area contributed by atoms with Crippen molar-refractivity contribution in [3.63, 3.8) is 0 Å². The van der Waals surface area contributed by atoms with E-state index in [1.165, 1.54) is 0 Å². The van der Waals surface area contributed by atoms with Crippen LogP contribution in [0.5, 0.6) is 5.75 Å². The Balaban J connectivity index is 1.48. The maximum absolute atomic E-state index is 13.1. The predicted molar refractivity (Wildman–Crippen MR) is 119 cm³/mol. The molecule has 1 aromatic carbocycles. The standard InChI is InChI=1S/C23H29ClN4O4/c24-19-3-1-4-20(13-19)32-17-23(14-21(29)27-9-11-31-12-10-27)5-2-7-28(16-23)22(30)15-26-8-6-25-18-26/h1,3-4,6,8,13,18H,2,5,7,9-12,14-17H2/t23-/m1/s1. The SMILES string of the molecule is O=C(C[C@]1(COc2cccc(Cl)c2)CCCN(C(=O)Cn2ccnc2)C1)N1CCOCC1. The third kappa shape index (κ3) is 5.81. The lowest BCUT2D eigenvalue weighted by atomic mass is 9.77. The lowest BCUT2D eigenvalue weighted by Crippen LogP contribution is -2.52. The smallest absolute Gasteiger partial charge is 0.242 e. The average Bonchev–Trinajstić information content (AvgIpc) is 3.32. The van der Waals surface area contributed by atoms with Gasteiger partial charge in [0.15, 0.2) is 0 Å². The molecule has 2 amide bonds. The number of aromatic nitrogens is 2. The van der Waals surface area contributed by atoms with Gasteiger partial charge in [0.1, 0.15) is 12.3 Å². The Hall–Kier alpha value is -2.58. The van der Waals surface area contributed by atoms with Crippen molar-refractivity contribution < 1.29 is 19.1 Å². The first-order chi connectivity index (χ1) is 15.5. The lowest BCUT2D eigenvalue weighted by molar-refractivity contribution is -0.144. The molecule has 0 unspecified atom stereocenters. The highest BCUT2D eigenvalue weighted by Gasteiger charge is 2.41. The summed E-state index contributed by atoms with van der Waals surface area (Å²) in [5, 5.41) is 0.599. The van der Waals surface area contributed by atoms with E-state index in [1.807, 2.05) is 21.9 Å². The Labute approximate surface area is 193 Å². The largest absolute Gasteiger partial charge is 0.493 e. The number of carbonyl (C=O) groups excluding carboxylic acids is 2. The van der Waals surface area contributed by atoms with E-state index in [0.717, 1.165) is 12.8 Å². The molecule has 2 aliphatic heterocycles. The minimum atomic E-state index is -0.458. The average molecular weight is 461 g/mol. The molecule has 1 atom stereocenters. The summed E-state index contributed by atoms with van der Waals surface area (Å²) in [5.74, 6) is 0.776. The highest BCUT2D eigenvalue weighted by atomic mass is 35.5. The van der Waals surface area contributed by atoms with Gasteiger partial charge in [-0.2, -0.15) is 0 Å². The number of benzene rings is 1. The van der Waals surface area contributed by atoms with Gasteiger partial charge < -0.3 is 23.8 Å². The molecule has 8 nitrogen and oxygen atoms in total. The number of halogens is 1. The van der Waals surface area contributed by atoms with Gasteiger partial charge in [-0.25, -0.2) is 4.98 Å². The Morgan fingerprint density at radius 1 is 1.16 bits per heavy atom. The van der Waals surface area contributed by atoms with Gasteiger partial charge >= 0.3 is 0 Å². The second-order valence-electron chi connectivity index (χ2n) is 8.57. The van der Waals surface area contributed by atoms with Crippen LogP contribution in [0.2, 0.25) is 5.02 Å². The van der Waals surface area contributed by atoms with E-state index in [2.05, 4.69) is 4.98 Å². The molecular weight excluding hydrogens is 432 g/mol. The van der Waals surface area contributed by atoms with E-state index in [1.54, 1.807) is 35.4 Å². The number of ether oxygens (including phenoxy) is 2. The predicted octanol–water partition coefficient (Wildman–Crippen LogP) is 2.47. The van der Waals surface area contributed by atoms with Crippen molar-refractivity contribution in [3.8, 4) is 5.75 Å². The van der Waals surface area contributed by atoms with Crippen molar-refractivity contribution in [1.29, 1.82) is 0 Å². The summed E-state index contributed by atoms with van der Waals surface area (Å²) in [5.41, 5.74) is -0.458. The first-order valence-electron chi connectivity index (χ1n) is 11.0. The van der Waals surface area contributed by atoms with Crippen molar-refractivity contribution in [3.05, 3.63) is 48.0 Å². The van der Waals surface area contributed by atoms with Gasteiger partial charge in [0.2, 0.25) is 11.8 Å². The monoisotopic (exact) mass is 460 g/mol. The number of morpholine rings is 1. The molecule has 2 aromatic rings. The maximum Gasteiger partial charge on any atom is 0.242 e. The minimum Gasteiger partial charge on any atom is -0.493 e. The number of hydrogen-bond donors (Lipinski definition) is 0. The van der Waals surface area contributed by atoms with E-state index in [0.29, 0.717) is 63.2 Å². The molecule has 32 heavy (non-hydrogen) atoms. The summed E-state index contributed by atoms with van der Waals surface area (Å²) in [7, 11) is 0. The maximum atomic E-state index is 13.1. The first kappa shape index (κ1) is 22.6. The van der Waals surface area contributed by atoms with E-state index in [-0.39, 0.29) is 18.4 Å². The van der Waals surface area contributed by atoms with E-state index < -0.39 is 5.41 Å². The van der Waals surface area contributed by atoms with Crippen LogP contribution in [0.15, 0.2) is 43.0 Å². The summed E-state index contributed by atoms with van der Waals surface area (Å²) in [6.07, 6.45) is 7.05. The van der Waals surface area contributed by atoms with Gasteiger partial charge in [0, 0.05) is 55.4 Å². The quantitative estimate of drug-likeness (QED) is 0.634. The van der Waals surface area contributed by atoms with Gasteiger partial charge in [0.25, 0.3) is 0 Å². The fourth-order valence-electron chi connectivity index (χ4n) is 4.41. The Morgan fingerprint density at radius 3 is 2.75 bits per heavy atom. The van der Waals surface area contributed by atoms with Gasteiger partial charge in [-0.05, 0) is 31.0 Å². The number of piperidine rings is 1. The van der Waals surface area contributed by atoms with Crippen LogP contribution in [0.25, 0.3) is 0 Å². The highest BCUT2D eigenvalue weighted by molar-refractivity contribution is 6.30. The molecule has 0 spiro atoms. The number of carbonyl (C=O) groups is 2. The van der Waals surface area contributed by atoms with Gasteiger partial charge in [-0.15, -0.1) is 0 Å². The second-order valence-corrected chi connectivity index (χ2v) is 9.01. The zero-order chi connectivity index (χ0) is 22.4. The Bertz CT molecular complexity index is 916. The topological polar surface area (TPSA) is 76.9 Å². The summed E-state index contributed by atoms with van der Waals surface area (Å²) < 4.78 is 13.3. The second kappa shape index (κ2) is 10.4. The molecule has 0 aliphatic carbocycles. The number of likely N-dealkylation sites (tertiary alicyclic amines) is 1. The summed E-state index contributed by atoms with van der Waals surface area (Å²) in [6.45, 7) is 4.08. The molecule has 2 saturated heterocycles. The highest BCUT2D eigenvalue weighted by Crippen LogP contribution is 2.36. The summed E-state index contributed by atoms with van der Waals surface area (Å²) in [4.78, 5) is 33.8. The number of rotatable bonds is 7. The number of amides is 2. The van der Waals surface area contributed by atoms with Crippen molar-refractivity contribution >= 4 is 23.4 Å². The van der Waals surface area contributed by atoms with Crippen LogP contribution in [0, 0.1) is 5.41 Å². The zero-order valence-corrected chi connectivity index (χ0v) is 18.9. The van der Waals surface area contributed by atoms with Crippen LogP contribution in [0.4, 0.5) is 0 Å². The molecule has 4 rings (SSSR count). The molecular formula is C23H29ClN4O4. The first-order valence-corrected chi connectivity index (χ1v) is 11.4. The molecule has 0 bridgehead atoms. The van der Waals surface area contributed by atoms with Crippen LogP contribution < -0.4 is 4.74 Å². The van der Waals surface area contributed by atoms with Crippen LogP contribution in [-0.2, 0) is 20.9 Å². The van der Waals surface area contributed by atoms with Crippen molar-refractivity contribution in [1.82, 2.24) is 19.4 Å². The third-order valence-corrected chi connectivity index (χ3v) is 6.36. The molecule has 0 N–H and O–H groups in total. The number of hydrogen-bond acceptors (Lipinski definition) is 5. The molecule has 9 heteroatoms. The summed E-state index contributed by atoms with van der Waals surface area (Å²) >= 11 is 6.11. The van der Waals surface area contributed by atoms with E-state index >= 15 is 0 Å². The van der Waals surface area contributed by atoms with E-state index in [4.69, 9.17) is 21.1 Å². The molecule has 2 fully saturated rings. The van der Waals surface area contributed by atoms with Gasteiger partial charge in [0.05, 0.1) is 26.1 Å². The van der Waals surface area contributed by atoms with Crippen LogP contribution in [0.1, 0.15) is 19.3 Å². The van der Waals surface area contributed by atoms with E-state index in [9.17, 15) is 9.59 Å².